The van der Waals surface area contributed by atoms with Crippen LogP contribution >= 0.6 is 0 Å². The van der Waals surface area contributed by atoms with Crippen molar-refractivity contribution < 1.29 is 0 Å². The number of rotatable bonds is 2. The zero-order chi connectivity index (χ0) is 10.1. The molecule has 0 saturated carbocycles. The molecule has 0 amide bonds. The zero-order valence-electron chi connectivity index (χ0n) is 8.43. The molecule has 3 rings (SSSR count). The Kier molecular flexibility index (Phi) is 2.03. The van der Waals surface area contributed by atoms with Crippen LogP contribution in [0.5, 0.6) is 0 Å². The lowest BCUT2D eigenvalue weighted by molar-refractivity contribution is 0.505. The zero-order valence-corrected chi connectivity index (χ0v) is 8.43. The van der Waals surface area contributed by atoms with Crippen LogP contribution in [0.2, 0.25) is 0 Å². The molecule has 0 spiro atoms. The first kappa shape index (κ1) is 8.67. The van der Waals surface area contributed by atoms with Gasteiger partial charge in [0.05, 0.1) is 18.8 Å². The van der Waals surface area contributed by atoms with Crippen LogP contribution in [0.1, 0.15) is 11.5 Å². The minimum atomic E-state index is 0.757. The maximum absolute atomic E-state index is 4.57. The van der Waals surface area contributed by atoms with Crippen LogP contribution < -0.4 is 5.32 Å². The van der Waals surface area contributed by atoms with Crippen molar-refractivity contribution in [1.82, 2.24) is 24.6 Å². The summed E-state index contributed by atoms with van der Waals surface area (Å²) in [6.45, 7) is 3.68. The number of hydrogen-bond donors (Lipinski definition) is 1. The van der Waals surface area contributed by atoms with Gasteiger partial charge in [0.25, 0.3) is 0 Å². The predicted molar refractivity (Wildman–Crippen MR) is 55.3 cm³/mol. The first-order valence-electron chi connectivity index (χ1n) is 5.15. The molecule has 1 N–H and O–H groups in total. The molecule has 5 nitrogen and oxygen atoms in total. The number of fused-ring (bicyclic) bond motifs is 1. The quantitative estimate of drug-likeness (QED) is 0.760. The highest BCUT2D eigenvalue weighted by molar-refractivity contribution is 5.06. The van der Waals surface area contributed by atoms with Gasteiger partial charge in [0.2, 0.25) is 0 Å². The van der Waals surface area contributed by atoms with Crippen LogP contribution in [0.15, 0.2) is 24.7 Å². The molecular weight excluding hydrogens is 190 g/mol. The Labute approximate surface area is 87.7 Å². The van der Waals surface area contributed by atoms with Crippen LogP contribution in [-0.4, -0.2) is 25.9 Å². The van der Waals surface area contributed by atoms with Crippen LogP contribution in [0, 0.1) is 0 Å². The first-order valence-corrected chi connectivity index (χ1v) is 5.15. The van der Waals surface area contributed by atoms with Gasteiger partial charge in [-0.15, -0.1) is 0 Å². The fraction of sp³-hybridized carbons (Fsp3) is 0.400. The molecule has 0 saturated heterocycles. The molecule has 0 unspecified atom stereocenters. The molecule has 0 atom stereocenters. The van der Waals surface area contributed by atoms with E-state index in [1.165, 1.54) is 0 Å². The largest absolute Gasteiger partial charge is 0.332 e. The molecule has 2 aromatic rings. The molecule has 2 aromatic heterocycles. The van der Waals surface area contributed by atoms with E-state index in [2.05, 4.69) is 26.2 Å². The Bertz CT molecular complexity index is 419. The summed E-state index contributed by atoms with van der Waals surface area (Å²) < 4.78 is 4.11. The van der Waals surface area contributed by atoms with Crippen LogP contribution in [0.25, 0.3) is 0 Å². The third-order valence-corrected chi connectivity index (χ3v) is 2.60. The minimum absolute atomic E-state index is 0.757. The third-order valence-electron chi connectivity index (χ3n) is 2.60. The van der Waals surface area contributed by atoms with E-state index in [4.69, 9.17) is 0 Å². The molecule has 15 heavy (non-hydrogen) atoms. The van der Waals surface area contributed by atoms with Gasteiger partial charge in [0.1, 0.15) is 5.82 Å². The highest BCUT2D eigenvalue weighted by Gasteiger charge is 2.11. The van der Waals surface area contributed by atoms with Crippen molar-refractivity contribution in [1.29, 1.82) is 0 Å². The van der Waals surface area contributed by atoms with Gasteiger partial charge < -0.3 is 9.88 Å². The lowest BCUT2D eigenvalue weighted by Crippen LogP contribution is -2.27. The van der Waals surface area contributed by atoms with E-state index in [1.807, 2.05) is 16.9 Å². The predicted octanol–water partition coefficient (Wildman–Crippen LogP) is 0.231. The van der Waals surface area contributed by atoms with E-state index in [0.29, 0.717) is 0 Å². The molecule has 1 aliphatic heterocycles. The molecule has 3 heterocycles. The van der Waals surface area contributed by atoms with Crippen LogP contribution in [-0.2, 0) is 19.6 Å². The second kappa shape index (κ2) is 3.51. The molecule has 0 bridgehead atoms. The fourth-order valence-electron chi connectivity index (χ4n) is 1.88. The lowest BCUT2D eigenvalue weighted by Gasteiger charge is -2.13. The summed E-state index contributed by atoms with van der Waals surface area (Å²) in [4.78, 5) is 4.57. The minimum Gasteiger partial charge on any atom is -0.332 e. The number of aromatic nitrogens is 4. The molecule has 5 heteroatoms. The summed E-state index contributed by atoms with van der Waals surface area (Å²) in [7, 11) is 0. The van der Waals surface area contributed by atoms with E-state index in [1.54, 1.807) is 6.20 Å². The second-order valence-electron chi connectivity index (χ2n) is 3.72. The van der Waals surface area contributed by atoms with Crippen LogP contribution in [0.4, 0.5) is 0 Å². The SMILES string of the molecule is c1cnn(Cc2cn3c(n2)CNCC3)c1. The van der Waals surface area contributed by atoms with Crippen molar-refractivity contribution in [2.75, 3.05) is 6.54 Å². The summed E-state index contributed by atoms with van der Waals surface area (Å²) >= 11 is 0. The van der Waals surface area contributed by atoms with Crippen molar-refractivity contribution in [3.8, 4) is 0 Å². The van der Waals surface area contributed by atoms with E-state index < -0.39 is 0 Å². The van der Waals surface area contributed by atoms with Crippen molar-refractivity contribution in [2.24, 2.45) is 0 Å². The van der Waals surface area contributed by atoms with Crippen molar-refractivity contribution in [3.63, 3.8) is 0 Å². The average molecular weight is 203 g/mol. The van der Waals surface area contributed by atoms with Crippen molar-refractivity contribution >= 4 is 0 Å². The Morgan fingerprint density at radius 2 is 2.47 bits per heavy atom. The second-order valence-corrected chi connectivity index (χ2v) is 3.72. The highest BCUT2D eigenvalue weighted by atomic mass is 15.3. The molecular formula is C10H13N5. The van der Waals surface area contributed by atoms with Gasteiger partial charge in [-0.25, -0.2) is 4.98 Å². The number of hydrogen-bond acceptors (Lipinski definition) is 3. The number of nitrogens with zero attached hydrogens (tertiary/aromatic N) is 4. The Morgan fingerprint density at radius 1 is 1.47 bits per heavy atom. The van der Waals surface area contributed by atoms with Gasteiger partial charge in [-0.05, 0) is 6.07 Å². The topological polar surface area (TPSA) is 47.7 Å². The Morgan fingerprint density at radius 3 is 3.27 bits per heavy atom. The number of imidazole rings is 1. The average Bonchev–Trinajstić information content (AvgIpc) is 2.86. The number of nitrogens with one attached hydrogen (secondary N) is 1. The summed E-state index contributed by atoms with van der Waals surface area (Å²) in [5, 5.41) is 7.48. The van der Waals surface area contributed by atoms with Gasteiger partial charge in [-0.3, -0.25) is 4.68 Å². The van der Waals surface area contributed by atoms with Crippen molar-refractivity contribution in [3.05, 3.63) is 36.2 Å². The van der Waals surface area contributed by atoms with Crippen molar-refractivity contribution in [2.45, 2.75) is 19.6 Å². The summed E-state index contributed by atoms with van der Waals surface area (Å²) in [5.74, 6) is 1.13. The maximum atomic E-state index is 4.57. The molecule has 1 aliphatic rings. The van der Waals surface area contributed by atoms with E-state index >= 15 is 0 Å². The fourth-order valence-corrected chi connectivity index (χ4v) is 1.88. The van der Waals surface area contributed by atoms with Gasteiger partial charge in [0, 0.05) is 31.7 Å². The summed E-state index contributed by atoms with van der Waals surface area (Å²) in [6.07, 6.45) is 5.87. The molecule has 78 valence electrons. The monoisotopic (exact) mass is 203 g/mol. The van der Waals surface area contributed by atoms with Crippen LogP contribution in [0.3, 0.4) is 0 Å². The molecule has 0 radical (unpaired) electrons. The van der Waals surface area contributed by atoms with Gasteiger partial charge in [-0.1, -0.05) is 0 Å². The standard InChI is InChI=1S/C10H13N5/c1-2-12-15(4-1)8-9-7-14-5-3-11-6-10(14)13-9/h1-2,4,7,11H,3,5-6,8H2. The summed E-state index contributed by atoms with van der Waals surface area (Å²) in [6, 6.07) is 1.93. The normalized spacial score (nSPS) is 15.2. The first-order chi connectivity index (χ1) is 7.42. The third kappa shape index (κ3) is 1.66. The van der Waals surface area contributed by atoms with E-state index in [9.17, 15) is 0 Å². The highest BCUT2D eigenvalue weighted by Crippen LogP contribution is 2.07. The molecule has 0 aliphatic carbocycles. The lowest BCUT2D eigenvalue weighted by atomic mass is 10.4. The Balaban J connectivity index is 1.84. The van der Waals surface area contributed by atoms with Gasteiger partial charge in [-0.2, -0.15) is 5.10 Å². The van der Waals surface area contributed by atoms with Gasteiger partial charge in [0.15, 0.2) is 0 Å². The molecule has 0 fully saturated rings. The summed E-state index contributed by atoms with van der Waals surface area (Å²) in [5.41, 5.74) is 1.08. The molecule has 0 aromatic carbocycles. The Hall–Kier alpha value is -1.62. The van der Waals surface area contributed by atoms with E-state index in [-0.39, 0.29) is 0 Å². The smallest absolute Gasteiger partial charge is 0.123 e. The maximum Gasteiger partial charge on any atom is 0.123 e. The van der Waals surface area contributed by atoms with Gasteiger partial charge >= 0.3 is 0 Å². The van der Waals surface area contributed by atoms with E-state index in [0.717, 1.165) is 37.7 Å².